The molecular weight excluding hydrogens is 349 g/mol. The molecule has 6 heteroatoms. The molecule has 0 aliphatic carbocycles. The van der Waals surface area contributed by atoms with E-state index >= 15 is 0 Å². The molecule has 0 spiro atoms. The zero-order chi connectivity index (χ0) is 20.0. The van der Waals surface area contributed by atoms with Gasteiger partial charge in [-0.25, -0.2) is 0 Å². The lowest BCUT2D eigenvalue weighted by atomic mass is 10.1. The number of hydroxylamine groups is 2. The number of hydrogen-bond donors (Lipinski definition) is 0. The molecule has 0 saturated carbocycles. The summed E-state index contributed by atoms with van der Waals surface area (Å²) in [6, 6.07) is 9.92. The maximum Gasteiger partial charge on any atom is 0.354 e. The van der Waals surface area contributed by atoms with Crippen LogP contribution in [-0.2, 0) is 18.5 Å². The molecule has 5 nitrogen and oxygen atoms in total. The average molecular weight is 383 g/mol. The average Bonchev–Trinajstić information content (AvgIpc) is 2.54. The molecule has 0 amide bonds. The van der Waals surface area contributed by atoms with Crippen LogP contribution in [0, 0.1) is 0 Å². The fourth-order valence-electron chi connectivity index (χ4n) is 2.67. The zero-order valence-corrected chi connectivity index (χ0v) is 18.1. The van der Waals surface area contributed by atoms with Crippen LogP contribution in [0.15, 0.2) is 42.5 Å². The second kappa shape index (κ2) is 9.82. The van der Waals surface area contributed by atoms with Crippen LogP contribution in [-0.4, -0.2) is 29.6 Å². The van der Waals surface area contributed by atoms with Gasteiger partial charge in [-0.3, -0.25) is 9.40 Å². The maximum atomic E-state index is 13.5. The van der Waals surface area contributed by atoms with Crippen LogP contribution in [0.4, 0.5) is 0 Å². The predicted octanol–water partition coefficient (Wildman–Crippen LogP) is 5.95. The Labute approximate surface area is 158 Å². The van der Waals surface area contributed by atoms with Crippen molar-refractivity contribution in [3.05, 3.63) is 48.0 Å². The Balaban J connectivity index is 3.29. The molecule has 2 atom stereocenters. The van der Waals surface area contributed by atoms with E-state index in [0.29, 0.717) is 5.57 Å². The summed E-state index contributed by atoms with van der Waals surface area (Å²) in [5.41, 5.74) is 1.26. The third-order valence-corrected chi connectivity index (χ3v) is 6.27. The van der Waals surface area contributed by atoms with Crippen molar-refractivity contribution in [2.45, 2.75) is 65.9 Å². The highest BCUT2D eigenvalue weighted by Gasteiger charge is 2.46. The topological polar surface area (TPSA) is 48.0 Å². The summed E-state index contributed by atoms with van der Waals surface area (Å²) in [6.45, 7) is 18.0. The molecule has 2 unspecified atom stereocenters. The first-order valence-electron chi connectivity index (χ1n) is 9.12. The van der Waals surface area contributed by atoms with E-state index in [-0.39, 0.29) is 19.3 Å². The minimum atomic E-state index is -3.48. The van der Waals surface area contributed by atoms with Gasteiger partial charge in [0.05, 0.1) is 13.2 Å². The number of benzene rings is 1. The van der Waals surface area contributed by atoms with Crippen LogP contribution in [0.2, 0.25) is 0 Å². The smallest absolute Gasteiger partial charge is 0.307 e. The molecule has 1 aromatic carbocycles. The van der Waals surface area contributed by atoms with Crippen LogP contribution in [0.3, 0.4) is 0 Å². The quantitative estimate of drug-likeness (QED) is 0.284. The lowest BCUT2D eigenvalue weighted by molar-refractivity contribution is -0.246. The SMILES string of the molecule is C=C(C)C(N(OC(C)c1ccccc1)C(C)(C)C)P(=O)(OCC)OCC. The minimum absolute atomic E-state index is 0.228. The summed E-state index contributed by atoms with van der Waals surface area (Å²) in [4.78, 5) is 6.30. The van der Waals surface area contributed by atoms with Gasteiger partial charge in [-0.15, -0.1) is 0 Å². The van der Waals surface area contributed by atoms with Gasteiger partial charge in [0.1, 0.15) is 6.10 Å². The number of hydrogen-bond acceptors (Lipinski definition) is 5. The van der Waals surface area contributed by atoms with Crippen LogP contribution in [0.1, 0.15) is 60.1 Å². The highest BCUT2D eigenvalue weighted by molar-refractivity contribution is 7.54. The summed E-state index contributed by atoms with van der Waals surface area (Å²) in [7, 11) is -3.48. The van der Waals surface area contributed by atoms with Crippen molar-refractivity contribution in [1.29, 1.82) is 0 Å². The molecule has 0 fully saturated rings. The molecular formula is C20H34NO4P. The summed E-state index contributed by atoms with van der Waals surface area (Å²) in [5, 5.41) is 1.72. The van der Waals surface area contributed by atoms with Gasteiger partial charge in [0.2, 0.25) is 0 Å². The van der Waals surface area contributed by atoms with Gasteiger partial charge in [-0.2, -0.15) is 5.06 Å². The molecule has 0 saturated heterocycles. The van der Waals surface area contributed by atoms with E-state index < -0.39 is 18.9 Å². The third-order valence-electron chi connectivity index (χ3n) is 3.78. The Kier molecular flexibility index (Phi) is 8.71. The fraction of sp³-hybridized carbons (Fsp3) is 0.600. The molecule has 0 aliphatic heterocycles. The summed E-state index contributed by atoms with van der Waals surface area (Å²) in [6.07, 6.45) is -0.228. The minimum Gasteiger partial charge on any atom is -0.307 e. The van der Waals surface area contributed by atoms with Gasteiger partial charge in [-0.1, -0.05) is 36.9 Å². The number of rotatable bonds is 10. The van der Waals surface area contributed by atoms with Gasteiger partial charge in [0.25, 0.3) is 0 Å². The van der Waals surface area contributed by atoms with Crippen LogP contribution >= 0.6 is 7.60 Å². The highest BCUT2D eigenvalue weighted by atomic mass is 31.2. The predicted molar refractivity (Wildman–Crippen MR) is 107 cm³/mol. The molecule has 26 heavy (non-hydrogen) atoms. The second-order valence-corrected chi connectivity index (χ2v) is 9.34. The van der Waals surface area contributed by atoms with Gasteiger partial charge < -0.3 is 9.05 Å². The Morgan fingerprint density at radius 1 is 1.15 bits per heavy atom. The van der Waals surface area contributed by atoms with E-state index in [2.05, 4.69) is 6.58 Å². The molecule has 0 bridgehead atoms. The monoisotopic (exact) mass is 383 g/mol. The van der Waals surface area contributed by atoms with E-state index in [4.69, 9.17) is 13.9 Å². The molecule has 0 aromatic heterocycles. The fourth-order valence-corrected chi connectivity index (χ4v) is 4.95. The van der Waals surface area contributed by atoms with Gasteiger partial charge in [0.15, 0.2) is 5.78 Å². The highest BCUT2D eigenvalue weighted by Crippen LogP contribution is 2.57. The molecule has 148 valence electrons. The first kappa shape index (κ1) is 23.1. The maximum absolute atomic E-state index is 13.5. The van der Waals surface area contributed by atoms with Crippen molar-refractivity contribution in [2.75, 3.05) is 13.2 Å². The van der Waals surface area contributed by atoms with Crippen LogP contribution in [0.5, 0.6) is 0 Å². The first-order valence-corrected chi connectivity index (χ1v) is 10.7. The molecule has 0 N–H and O–H groups in total. The van der Waals surface area contributed by atoms with Crippen molar-refractivity contribution in [3.63, 3.8) is 0 Å². The molecule has 1 rings (SSSR count). The van der Waals surface area contributed by atoms with Crippen molar-refractivity contribution < 1.29 is 18.5 Å². The largest absolute Gasteiger partial charge is 0.354 e. The van der Waals surface area contributed by atoms with Gasteiger partial charge >= 0.3 is 7.60 Å². The zero-order valence-electron chi connectivity index (χ0n) is 17.2. The van der Waals surface area contributed by atoms with Crippen molar-refractivity contribution in [2.24, 2.45) is 0 Å². The molecule has 0 heterocycles. The standard InChI is InChI=1S/C20H34NO4P/c1-9-23-26(22,24-10-2)19(16(3)4)21(20(6,7)8)25-17(5)18-14-12-11-13-15-18/h11-15,17,19H,3,9-10H2,1-2,4-8H3. The molecule has 0 radical (unpaired) electrons. The van der Waals surface area contributed by atoms with E-state index in [1.54, 1.807) is 18.9 Å². The normalized spacial score (nSPS) is 15.1. The Hall–Kier alpha value is -0.970. The van der Waals surface area contributed by atoms with Gasteiger partial charge in [0, 0.05) is 5.54 Å². The summed E-state index contributed by atoms with van der Waals surface area (Å²) < 4.78 is 24.7. The Morgan fingerprint density at radius 2 is 1.65 bits per heavy atom. The summed E-state index contributed by atoms with van der Waals surface area (Å²) in [5.74, 6) is -0.700. The van der Waals surface area contributed by atoms with E-state index in [1.807, 2.05) is 65.0 Å². The van der Waals surface area contributed by atoms with Crippen LogP contribution in [0.25, 0.3) is 0 Å². The van der Waals surface area contributed by atoms with E-state index in [1.165, 1.54) is 0 Å². The second-order valence-electron chi connectivity index (χ2n) is 7.25. The Bertz CT molecular complexity index is 602. The van der Waals surface area contributed by atoms with Gasteiger partial charge in [-0.05, 0) is 59.6 Å². The van der Waals surface area contributed by atoms with Crippen LogP contribution < -0.4 is 0 Å². The van der Waals surface area contributed by atoms with E-state index in [0.717, 1.165) is 5.56 Å². The van der Waals surface area contributed by atoms with E-state index in [9.17, 15) is 4.57 Å². The molecule has 1 aromatic rings. The lowest BCUT2D eigenvalue weighted by Gasteiger charge is -2.43. The lowest BCUT2D eigenvalue weighted by Crippen LogP contribution is -2.49. The van der Waals surface area contributed by atoms with Crippen molar-refractivity contribution in [3.8, 4) is 0 Å². The van der Waals surface area contributed by atoms with Crippen molar-refractivity contribution >= 4 is 7.60 Å². The molecule has 0 aliphatic rings. The first-order chi connectivity index (χ1) is 12.1. The number of nitrogens with zero attached hydrogens (tertiary/aromatic N) is 1. The Morgan fingerprint density at radius 3 is 2.04 bits per heavy atom. The third kappa shape index (κ3) is 6.04. The van der Waals surface area contributed by atoms with Crippen molar-refractivity contribution in [1.82, 2.24) is 5.06 Å². The summed E-state index contributed by atoms with van der Waals surface area (Å²) >= 11 is 0.